The highest BCUT2D eigenvalue weighted by atomic mass is 32.1. The van der Waals surface area contributed by atoms with Gasteiger partial charge in [0.05, 0.1) is 11.6 Å². The number of nitrogens with zero attached hydrogens (tertiary/aromatic N) is 1. The molecule has 0 spiro atoms. The van der Waals surface area contributed by atoms with E-state index >= 15 is 0 Å². The van der Waals surface area contributed by atoms with Crippen LogP contribution in [0.4, 0.5) is 0 Å². The number of hydrogen-bond acceptors (Lipinski definition) is 2. The van der Waals surface area contributed by atoms with Gasteiger partial charge in [-0.3, -0.25) is 0 Å². The molecule has 0 atom stereocenters. The Morgan fingerprint density at radius 1 is 1.25 bits per heavy atom. The van der Waals surface area contributed by atoms with Crippen molar-refractivity contribution in [2.75, 3.05) is 0 Å². The first-order valence-corrected chi connectivity index (χ1v) is 5.90. The molecule has 0 saturated heterocycles. The van der Waals surface area contributed by atoms with Crippen LogP contribution in [0.25, 0.3) is 11.6 Å². The third kappa shape index (κ3) is 2.21. The van der Waals surface area contributed by atoms with Crippen molar-refractivity contribution < 1.29 is 0 Å². The van der Waals surface area contributed by atoms with Crippen LogP contribution < -0.4 is 0 Å². The van der Waals surface area contributed by atoms with Gasteiger partial charge in [-0.15, -0.1) is 11.3 Å². The largest absolute Gasteiger partial charge is 0.192 e. The Hall–Kier alpha value is -1.85. The molecule has 0 radical (unpaired) electrons. The van der Waals surface area contributed by atoms with Crippen LogP contribution in [-0.2, 0) is 0 Å². The van der Waals surface area contributed by atoms with Gasteiger partial charge in [-0.1, -0.05) is 30.3 Å². The third-order valence-corrected chi connectivity index (χ3v) is 3.35. The summed E-state index contributed by atoms with van der Waals surface area (Å²) >= 11 is 1.66. The van der Waals surface area contributed by atoms with Crippen LogP contribution in [0.15, 0.2) is 41.8 Å². The number of hydrogen-bond donors (Lipinski definition) is 0. The summed E-state index contributed by atoms with van der Waals surface area (Å²) in [5.41, 5.74) is 2.90. The molecular formula is C14H11NS. The maximum Gasteiger partial charge on any atom is 0.0998 e. The van der Waals surface area contributed by atoms with E-state index in [1.165, 1.54) is 5.56 Å². The summed E-state index contributed by atoms with van der Waals surface area (Å²) in [6.45, 7) is 2.06. The minimum Gasteiger partial charge on any atom is -0.192 e. The molecule has 1 heterocycles. The average molecular weight is 225 g/mol. The molecule has 0 aliphatic heterocycles. The van der Waals surface area contributed by atoms with Gasteiger partial charge in [-0.2, -0.15) is 5.26 Å². The van der Waals surface area contributed by atoms with Gasteiger partial charge in [0.15, 0.2) is 0 Å². The van der Waals surface area contributed by atoms with Crippen molar-refractivity contribution in [2.45, 2.75) is 6.92 Å². The Balaban J connectivity index is 2.43. The molecule has 78 valence electrons. The number of rotatable bonds is 2. The molecule has 0 aliphatic carbocycles. The lowest BCUT2D eigenvalue weighted by Crippen LogP contribution is -1.80. The standard InChI is InChI=1S/C14H11NS/c1-11-7-8-16-14(11)9-13(10-15)12-5-3-2-4-6-12/h2-9H,1H3/b13-9-. The van der Waals surface area contributed by atoms with E-state index in [2.05, 4.69) is 19.1 Å². The van der Waals surface area contributed by atoms with Crippen molar-refractivity contribution in [1.82, 2.24) is 0 Å². The lowest BCUT2D eigenvalue weighted by atomic mass is 10.1. The zero-order valence-electron chi connectivity index (χ0n) is 8.97. The van der Waals surface area contributed by atoms with Crippen LogP contribution in [0.5, 0.6) is 0 Å². The van der Waals surface area contributed by atoms with E-state index in [1.54, 1.807) is 11.3 Å². The number of nitriles is 1. The van der Waals surface area contributed by atoms with Crippen LogP contribution in [0.2, 0.25) is 0 Å². The Morgan fingerprint density at radius 2 is 2.00 bits per heavy atom. The average Bonchev–Trinajstić information content (AvgIpc) is 2.73. The Labute approximate surface area is 99.3 Å². The van der Waals surface area contributed by atoms with Gasteiger partial charge in [-0.25, -0.2) is 0 Å². The molecule has 2 heteroatoms. The van der Waals surface area contributed by atoms with Gasteiger partial charge in [0.25, 0.3) is 0 Å². The quantitative estimate of drug-likeness (QED) is 0.705. The summed E-state index contributed by atoms with van der Waals surface area (Å²) in [5, 5.41) is 11.2. The summed E-state index contributed by atoms with van der Waals surface area (Å²) in [5.74, 6) is 0. The summed E-state index contributed by atoms with van der Waals surface area (Å²) in [6, 6.07) is 14.1. The number of aryl methyl sites for hydroxylation is 1. The molecule has 0 saturated carbocycles. The third-order valence-electron chi connectivity index (χ3n) is 2.38. The van der Waals surface area contributed by atoms with Crippen molar-refractivity contribution >= 4 is 23.0 Å². The van der Waals surface area contributed by atoms with Crippen LogP contribution in [0.3, 0.4) is 0 Å². The Morgan fingerprint density at radius 3 is 2.56 bits per heavy atom. The molecule has 1 nitrogen and oxygen atoms in total. The number of thiophene rings is 1. The van der Waals surface area contributed by atoms with Crippen molar-refractivity contribution in [3.8, 4) is 6.07 Å². The SMILES string of the molecule is Cc1ccsc1/C=C(/C#N)c1ccccc1. The summed E-state index contributed by atoms with van der Waals surface area (Å²) in [7, 11) is 0. The van der Waals surface area contributed by atoms with E-state index in [0.29, 0.717) is 5.57 Å². The van der Waals surface area contributed by atoms with E-state index in [0.717, 1.165) is 10.4 Å². The van der Waals surface area contributed by atoms with Crippen molar-refractivity contribution in [1.29, 1.82) is 5.26 Å². The minimum absolute atomic E-state index is 0.714. The van der Waals surface area contributed by atoms with Gasteiger partial charge < -0.3 is 0 Å². The molecule has 1 aromatic carbocycles. The monoisotopic (exact) mass is 225 g/mol. The summed E-state index contributed by atoms with van der Waals surface area (Å²) < 4.78 is 0. The lowest BCUT2D eigenvalue weighted by Gasteiger charge is -1.98. The summed E-state index contributed by atoms with van der Waals surface area (Å²) in [6.07, 6.45) is 1.95. The van der Waals surface area contributed by atoms with Crippen molar-refractivity contribution in [3.05, 3.63) is 57.8 Å². The fourth-order valence-electron chi connectivity index (χ4n) is 1.46. The first kappa shape index (κ1) is 10.7. The molecule has 0 fully saturated rings. The lowest BCUT2D eigenvalue weighted by molar-refractivity contribution is 1.51. The highest BCUT2D eigenvalue weighted by molar-refractivity contribution is 7.11. The highest BCUT2D eigenvalue weighted by Gasteiger charge is 2.02. The molecule has 0 N–H and O–H groups in total. The molecular weight excluding hydrogens is 214 g/mol. The van der Waals surface area contributed by atoms with Crippen LogP contribution in [0, 0.1) is 18.3 Å². The molecule has 0 bridgehead atoms. The second kappa shape index (κ2) is 4.78. The molecule has 2 rings (SSSR count). The second-order valence-corrected chi connectivity index (χ2v) is 4.45. The van der Waals surface area contributed by atoms with E-state index in [1.807, 2.05) is 41.8 Å². The van der Waals surface area contributed by atoms with Gasteiger partial charge in [0.2, 0.25) is 0 Å². The van der Waals surface area contributed by atoms with E-state index in [-0.39, 0.29) is 0 Å². The maximum atomic E-state index is 9.16. The first-order valence-electron chi connectivity index (χ1n) is 5.02. The molecule has 0 aliphatic rings. The molecule has 2 aromatic rings. The zero-order valence-corrected chi connectivity index (χ0v) is 9.79. The molecule has 16 heavy (non-hydrogen) atoms. The predicted molar refractivity (Wildman–Crippen MR) is 69.0 cm³/mol. The Bertz CT molecular complexity index is 544. The van der Waals surface area contributed by atoms with E-state index < -0.39 is 0 Å². The smallest absolute Gasteiger partial charge is 0.0998 e. The van der Waals surface area contributed by atoms with Gasteiger partial charge in [-0.05, 0) is 35.6 Å². The topological polar surface area (TPSA) is 23.8 Å². The number of allylic oxidation sites excluding steroid dienone is 1. The van der Waals surface area contributed by atoms with Crippen LogP contribution >= 0.6 is 11.3 Å². The normalized spacial score (nSPS) is 11.1. The highest BCUT2D eigenvalue weighted by Crippen LogP contribution is 2.23. The van der Waals surface area contributed by atoms with E-state index in [4.69, 9.17) is 5.26 Å². The molecule has 1 aromatic heterocycles. The van der Waals surface area contributed by atoms with Gasteiger partial charge in [0, 0.05) is 4.88 Å². The van der Waals surface area contributed by atoms with Crippen LogP contribution in [-0.4, -0.2) is 0 Å². The fraction of sp³-hybridized carbons (Fsp3) is 0.0714. The van der Waals surface area contributed by atoms with Crippen molar-refractivity contribution in [3.63, 3.8) is 0 Å². The predicted octanol–water partition coefficient (Wildman–Crippen LogP) is 4.12. The molecule has 0 amide bonds. The van der Waals surface area contributed by atoms with Gasteiger partial charge in [0.1, 0.15) is 0 Å². The van der Waals surface area contributed by atoms with Crippen molar-refractivity contribution in [2.24, 2.45) is 0 Å². The van der Waals surface area contributed by atoms with E-state index in [9.17, 15) is 0 Å². The Kier molecular flexibility index (Phi) is 3.19. The minimum atomic E-state index is 0.714. The van der Waals surface area contributed by atoms with Gasteiger partial charge >= 0.3 is 0 Å². The second-order valence-electron chi connectivity index (χ2n) is 3.50. The fourth-order valence-corrected chi connectivity index (χ4v) is 2.32. The molecule has 0 unspecified atom stereocenters. The van der Waals surface area contributed by atoms with Crippen LogP contribution in [0.1, 0.15) is 16.0 Å². The zero-order chi connectivity index (χ0) is 11.4. The maximum absolute atomic E-state index is 9.16. The first-order chi connectivity index (χ1) is 7.81. The number of benzene rings is 1. The summed E-state index contributed by atoms with van der Waals surface area (Å²) in [4.78, 5) is 1.15.